The van der Waals surface area contributed by atoms with Crippen LogP contribution >= 0.6 is 15.9 Å². The lowest BCUT2D eigenvalue weighted by Gasteiger charge is -2.26. The molecule has 1 rings (SSSR count). The lowest BCUT2D eigenvalue weighted by molar-refractivity contribution is -0.277. The zero-order valence-corrected chi connectivity index (χ0v) is 8.57. The first-order valence-corrected chi connectivity index (χ1v) is 5.09. The van der Waals surface area contributed by atoms with Crippen molar-refractivity contribution >= 4 is 15.9 Å². The molecule has 1 saturated carbocycles. The van der Waals surface area contributed by atoms with Crippen LogP contribution in [0.1, 0.15) is 25.7 Å². The Morgan fingerprint density at radius 1 is 1.54 bits per heavy atom. The summed E-state index contributed by atoms with van der Waals surface area (Å²) >= 11 is 2.17. The molecule has 77 valence electrons. The second-order valence-electron chi connectivity index (χ2n) is 3.06. The van der Waals surface area contributed by atoms with E-state index >= 15 is 0 Å². The Bertz CT molecular complexity index is 157. The first kappa shape index (κ1) is 11.3. The zero-order valence-electron chi connectivity index (χ0n) is 6.98. The molecule has 0 aromatic heterocycles. The van der Waals surface area contributed by atoms with E-state index in [4.69, 9.17) is 0 Å². The Balaban J connectivity index is 2.37. The van der Waals surface area contributed by atoms with Crippen molar-refractivity contribution in [3.8, 4) is 0 Å². The molecule has 0 spiro atoms. The molecule has 2 atom stereocenters. The van der Waals surface area contributed by atoms with Crippen molar-refractivity contribution in [2.45, 2.75) is 43.0 Å². The molecule has 1 aliphatic rings. The molecular formula is C8H11BrF3O. The molecule has 1 nitrogen and oxygen atoms in total. The van der Waals surface area contributed by atoms with Crippen LogP contribution in [0.4, 0.5) is 13.2 Å². The molecule has 5 heteroatoms. The number of hydrogen-bond donors (Lipinski definition) is 0. The molecule has 0 amide bonds. The summed E-state index contributed by atoms with van der Waals surface area (Å²) in [7, 11) is 0. The average molecular weight is 260 g/mol. The standard InChI is InChI=1S/C8H11BrF3O/c9-7(10)8(11,12)13-6-4-2-1-3-5-6/h2,6-7H,1,3-5H2. The molecule has 0 heterocycles. The molecular weight excluding hydrogens is 249 g/mol. The monoisotopic (exact) mass is 259 g/mol. The third kappa shape index (κ3) is 3.46. The molecule has 1 aliphatic carbocycles. The van der Waals surface area contributed by atoms with Gasteiger partial charge in [0.2, 0.25) is 5.08 Å². The van der Waals surface area contributed by atoms with Gasteiger partial charge in [0.1, 0.15) is 0 Å². The number of rotatable bonds is 3. The average Bonchev–Trinajstić information content (AvgIpc) is 2.05. The molecule has 1 fully saturated rings. The Morgan fingerprint density at radius 3 is 2.69 bits per heavy atom. The second kappa shape index (κ2) is 4.64. The summed E-state index contributed by atoms with van der Waals surface area (Å²) in [4.78, 5) is 0. The topological polar surface area (TPSA) is 9.23 Å². The van der Waals surface area contributed by atoms with E-state index in [1.807, 2.05) is 6.42 Å². The van der Waals surface area contributed by atoms with Crippen LogP contribution in [0.2, 0.25) is 0 Å². The largest absolute Gasteiger partial charge is 0.397 e. The second-order valence-corrected chi connectivity index (χ2v) is 3.86. The maximum Gasteiger partial charge on any atom is 0.397 e. The van der Waals surface area contributed by atoms with Crippen LogP contribution in [0.3, 0.4) is 0 Å². The van der Waals surface area contributed by atoms with E-state index in [-0.39, 0.29) is 0 Å². The van der Waals surface area contributed by atoms with Gasteiger partial charge in [0.05, 0.1) is 6.10 Å². The number of ether oxygens (including phenoxy) is 1. The Kier molecular flexibility index (Phi) is 4.04. The minimum Gasteiger partial charge on any atom is -0.314 e. The minimum atomic E-state index is -3.71. The van der Waals surface area contributed by atoms with Gasteiger partial charge in [-0.25, -0.2) is 4.39 Å². The van der Waals surface area contributed by atoms with E-state index in [0.29, 0.717) is 12.8 Å². The SMILES string of the molecule is FC(Br)C(F)(F)OC1C[CH]CCC1. The minimum absolute atomic E-state index is 0.481. The van der Waals surface area contributed by atoms with Crippen LogP contribution in [-0.2, 0) is 4.74 Å². The number of hydrogen-bond acceptors (Lipinski definition) is 1. The van der Waals surface area contributed by atoms with Crippen LogP contribution < -0.4 is 0 Å². The van der Waals surface area contributed by atoms with E-state index in [2.05, 4.69) is 20.7 Å². The van der Waals surface area contributed by atoms with Crippen molar-refractivity contribution in [2.75, 3.05) is 0 Å². The van der Waals surface area contributed by atoms with Gasteiger partial charge in [-0.2, -0.15) is 8.78 Å². The predicted molar refractivity (Wildman–Crippen MR) is 46.4 cm³/mol. The summed E-state index contributed by atoms with van der Waals surface area (Å²) in [5.74, 6) is 0. The van der Waals surface area contributed by atoms with E-state index in [1.165, 1.54) is 0 Å². The highest BCUT2D eigenvalue weighted by molar-refractivity contribution is 9.09. The quantitative estimate of drug-likeness (QED) is 0.706. The Labute approximate surface area is 83.8 Å². The maximum atomic E-state index is 12.7. The zero-order chi connectivity index (χ0) is 9.90. The Morgan fingerprint density at radius 2 is 2.23 bits per heavy atom. The van der Waals surface area contributed by atoms with Crippen molar-refractivity contribution < 1.29 is 17.9 Å². The van der Waals surface area contributed by atoms with Crippen molar-refractivity contribution in [1.82, 2.24) is 0 Å². The van der Waals surface area contributed by atoms with Crippen molar-refractivity contribution in [1.29, 1.82) is 0 Å². The van der Waals surface area contributed by atoms with E-state index in [1.54, 1.807) is 0 Å². The van der Waals surface area contributed by atoms with Crippen LogP contribution in [-0.4, -0.2) is 17.3 Å². The van der Waals surface area contributed by atoms with Gasteiger partial charge in [0.25, 0.3) is 0 Å². The van der Waals surface area contributed by atoms with Gasteiger partial charge in [-0.1, -0.05) is 6.42 Å². The normalized spacial score (nSPS) is 23.1. The first-order valence-electron chi connectivity index (χ1n) is 4.18. The summed E-state index contributed by atoms with van der Waals surface area (Å²) < 4.78 is 42.0. The van der Waals surface area contributed by atoms with Crippen molar-refractivity contribution in [2.24, 2.45) is 0 Å². The number of alkyl halides is 4. The molecule has 0 bridgehead atoms. The van der Waals surface area contributed by atoms with Gasteiger partial charge in [-0.05, 0) is 41.6 Å². The van der Waals surface area contributed by atoms with Crippen LogP contribution in [0, 0.1) is 6.42 Å². The summed E-state index contributed by atoms with van der Waals surface area (Å²) in [6, 6.07) is 0. The van der Waals surface area contributed by atoms with E-state index in [0.717, 1.165) is 12.8 Å². The van der Waals surface area contributed by atoms with E-state index < -0.39 is 17.3 Å². The smallest absolute Gasteiger partial charge is 0.314 e. The van der Waals surface area contributed by atoms with Gasteiger partial charge in [0, 0.05) is 0 Å². The van der Waals surface area contributed by atoms with E-state index in [9.17, 15) is 13.2 Å². The molecule has 0 aliphatic heterocycles. The highest BCUT2D eigenvalue weighted by atomic mass is 79.9. The summed E-state index contributed by atoms with van der Waals surface area (Å²) in [5, 5.41) is -2.43. The molecule has 1 radical (unpaired) electrons. The van der Waals surface area contributed by atoms with Crippen LogP contribution in [0.25, 0.3) is 0 Å². The van der Waals surface area contributed by atoms with Gasteiger partial charge in [0.15, 0.2) is 0 Å². The van der Waals surface area contributed by atoms with Gasteiger partial charge in [-0.15, -0.1) is 0 Å². The van der Waals surface area contributed by atoms with Crippen molar-refractivity contribution in [3.05, 3.63) is 6.42 Å². The first-order chi connectivity index (χ1) is 6.02. The van der Waals surface area contributed by atoms with Gasteiger partial charge >= 0.3 is 6.11 Å². The van der Waals surface area contributed by atoms with Gasteiger partial charge in [-0.3, -0.25) is 0 Å². The number of halogens is 4. The fourth-order valence-corrected chi connectivity index (χ4v) is 1.40. The molecule has 0 aromatic rings. The summed E-state index contributed by atoms with van der Waals surface area (Å²) in [5.41, 5.74) is 0. The lowest BCUT2D eigenvalue weighted by atomic mass is 9.98. The lowest BCUT2D eigenvalue weighted by Crippen LogP contribution is -2.35. The van der Waals surface area contributed by atoms with Crippen molar-refractivity contribution in [3.63, 3.8) is 0 Å². The predicted octanol–water partition coefficient (Wildman–Crippen LogP) is 3.43. The summed E-state index contributed by atoms with van der Waals surface area (Å²) in [6.07, 6.45) is 0.459. The van der Waals surface area contributed by atoms with Gasteiger partial charge < -0.3 is 4.74 Å². The molecule has 0 aromatic carbocycles. The molecule has 0 N–H and O–H groups in total. The maximum absolute atomic E-state index is 12.7. The van der Waals surface area contributed by atoms with Crippen LogP contribution in [0.5, 0.6) is 0 Å². The fourth-order valence-electron chi connectivity index (χ4n) is 1.29. The molecule has 2 unspecified atom stereocenters. The summed E-state index contributed by atoms with van der Waals surface area (Å²) in [6.45, 7) is 0. The fraction of sp³-hybridized carbons (Fsp3) is 0.875. The third-order valence-electron chi connectivity index (χ3n) is 1.94. The highest BCUT2D eigenvalue weighted by Crippen LogP contribution is 2.32. The third-order valence-corrected chi connectivity index (χ3v) is 2.47. The molecule has 13 heavy (non-hydrogen) atoms. The Hall–Kier alpha value is 0.230. The molecule has 0 saturated heterocycles. The highest BCUT2D eigenvalue weighted by Gasteiger charge is 2.42. The van der Waals surface area contributed by atoms with Crippen LogP contribution in [0.15, 0.2) is 0 Å².